The van der Waals surface area contributed by atoms with Gasteiger partial charge in [0.05, 0.1) is 6.20 Å². The van der Waals surface area contributed by atoms with Gasteiger partial charge in [-0.3, -0.25) is 4.21 Å². The van der Waals surface area contributed by atoms with Crippen molar-refractivity contribution in [1.29, 1.82) is 0 Å². The fourth-order valence-corrected chi connectivity index (χ4v) is 1.51. The Balaban J connectivity index is 2.48. The highest BCUT2D eigenvalue weighted by Gasteiger charge is 2.08. The lowest BCUT2D eigenvalue weighted by Gasteiger charge is -2.10. The summed E-state index contributed by atoms with van der Waals surface area (Å²) in [6, 6.07) is 0. The smallest absolute Gasteiger partial charge is 0.222 e. The van der Waals surface area contributed by atoms with E-state index >= 15 is 0 Å². The van der Waals surface area contributed by atoms with E-state index in [1.54, 1.807) is 6.26 Å². The number of nitrogens with two attached hydrogens (primary N) is 1. The summed E-state index contributed by atoms with van der Waals surface area (Å²) in [5, 5.41) is 2.86. The molecule has 1 heterocycles. The van der Waals surface area contributed by atoms with E-state index < -0.39 is 16.6 Å². The first-order chi connectivity index (χ1) is 7.50. The van der Waals surface area contributed by atoms with Crippen LogP contribution in [0.4, 0.5) is 16.2 Å². The quantitative estimate of drug-likeness (QED) is 0.802. The molecule has 0 amide bonds. The van der Waals surface area contributed by atoms with Gasteiger partial charge in [0.2, 0.25) is 5.95 Å². The number of aromatic nitrogens is 2. The number of nitrogens with zero attached hydrogens (tertiary/aromatic N) is 2. The second-order valence-corrected chi connectivity index (χ2v) is 5.25. The van der Waals surface area contributed by atoms with Crippen molar-refractivity contribution in [3.63, 3.8) is 0 Å². The van der Waals surface area contributed by atoms with Crippen molar-refractivity contribution in [1.82, 2.24) is 9.97 Å². The van der Waals surface area contributed by atoms with E-state index in [1.807, 2.05) is 6.92 Å². The lowest BCUT2D eigenvalue weighted by atomic mass is 10.3. The number of halogens is 1. The Labute approximate surface area is 96.1 Å². The molecule has 1 rings (SSSR count). The van der Waals surface area contributed by atoms with E-state index in [0.29, 0.717) is 13.0 Å². The minimum absolute atomic E-state index is 0.0241. The van der Waals surface area contributed by atoms with Gasteiger partial charge in [-0.05, 0) is 6.42 Å². The second kappa shape index (κ2) is 5.74. The number of nitrogens with one attached hydrogen (secondary N) is 1. The molecule has 3 N–H and O–H groups in total. The maximum absolute atomic E-state index is 13.1. The number of hydrogen-bond acceptors (Lipinski definition) is 5. The monoisotopic (exact) mass is 246 g/mol. The molecular formula is C9H15FN4OS. The maximum Gasteiger partial charge on any atom is 0.222 e. The van der Waals surface area contributed by atoms with Gasteiger partial charge in [0.25, 0.3) is 0 Å². The standard InChI is InChI=1S/C9H15FN4OS/c1-6(16(2)15)3-4-12-8-7(10)5-13-9(11)14-8/h5-6H,3-4H2,1-2H3,(H3,11,12,13,14). The van der Waals surface area contributed by atoms with E-state index in [9.17, 15) is 8.60 Å². The van der Waals surface area contributed by atoms with Gasteiger partial charge in [0, 0.05) is 28.9 Å². The van der Waals surface area contributed by atoms with Gasteiger partial charge in [-0.1, -0.05) is 6.92 Å². The predicted octanol–water partition coefficient (Wildman–Crippen LogP) is 0.767. The molecule has 0 aliphatic heterocycles. The highest BCUT2D eigenvalue weighted by molar-refractivity contribution is 7.84. The molecule has 5 nitrogen and oxygen atoms in total. The minimum Gasteiger partial charge on any atom is -0.368 e. The molecule has 90 valence electrons. The van der Waals surface area contributed by atoms with Crippen molar-refractivity contribution in [2.75, 3.05) is 23.9 Å². The highest BCUT2D eigenvalue weighted by Crippen LogP contribution is 2.10. The molecule has 0 fully saturated rings. The number of rotatable bonds is 5. The summed E-state index contributed by atoms with van der Waals surface area (Å²) in [6.07, 6.45) is 3.34. The summed E-state index contributed by atoms with van der Waals surface area (Å²) in [5.41, 5.74) is 5.33. The van der Waals surface area contributed by atoms with Crippen molar-refractivity contribution >= 4 is 22.6 Å². The average Bonchev–Trinajstić information content (AvgIpc) is 2.22. The zero-order chi connectivity index (χ0) is 12.1. The normalized spacial score (nSPS) is 14.4. The summed E-state index contributed by atoms with van der Waals surface area (Å²) in [4.78, 5) is 7.23. The second-order valence-electron chi connectivity index (χ2n) is 3.45. The van der Waals surface area contributed by atoms with Crippen LogP contribution in [-0.4, -0.2) is 32.2 Å². The molecule has 1 aromatic heterocycles. The van der Waals surface area contributed by atoms with E-state index in [1.165, 1.54) is 0 Å². The van der Waals surface area contributed by atoms with Crippen LogP contribution in [0, 0.1) is 5.82 Å². The Kier molecular flexibility index (Phi) is 4.60. The zero-order valence-electron chi connectivity index (χ0n) is 9.24. The van der Waals surface area contributed by atoms with Crippen LogP contribution >= 0.6 is 0 Å². The van der Waals surface area contributed by atoms with Gasteiger partial charge >= 0.3 is 0 Å². The van der Waals surface area contributed by atoms with Crippen LogP contribution in [0.2, 0.25) is 0 Å². The third kappa shape index (κ3) is 3.73. The van der Waals surface area contributed by atoms with Gasteiger partial charge in [0.15, 0.2) is 11.6 Å². The highest BCUT2D eigenvalue weighted by atomic mass is 32.2. The van der Waals surface area contributed by atoms with Gasteiger partial charge in [0.1, 0.15) is 0 Å². The molecule has 0 bridgehead atoms. The number of anilines is 2. The third-order valence-electron chi connectivity index (χ3n) is 2.17. The fraction of sp³-hybridized carbons (Fsp3) is 0.556. The molecule has 0 spiro atoms. The lowest BCUT2D eigenvalue weighted by Crippen LogP contribution is -2.16. The largest absolute Gasteiger partial charge is 0.368 e. The maximum atomic E-state index is 13.1. The first-order valence-corrected chi connectivity index (χ1v) is 6.47. The van der Waals surface area contributed by atoms with Crippen LogP contribution in [0.15, 0.2) is 6.20 Å². The van der Waals surface area contributed by atoms with Gasteiger partial charge in [-0.15, -0.1) is 0 Å². The van der Waals surface area contributed by atoms with Crippen molar-refractivity contribution in [2.24, 2.45) is 0 Å². The molecular weight excluding hydrogens is 231 g/mol. The number of hydrogen-bond donors (Lipinski definition) is 2. The Morgan fingerprint density at radius 3 is 3.00 bits per heavy atom. The van der Waals surface area contributed by atoms with Gasteiger partial charge < -0.3 is 11.1 Å². The molecule has 7 heteroatoms. The molecule has 16 heavy (non-hydrogen) atoms. The lowest BCUT2D eigenvalue weighted by molar-refractivity contribution is 0.616. The first-order valence-electron chi connectivity index (χ1n) is 4.85. The molecule has 0 radical (unpaired) electrons. The SMILES string of the molecule is CC(CCNc1nc(N)ncc1F)S(C)=O. The molecule has 1 aromatic rings. The van der Waals surface area contributed by atoms with Gasteiger partial charge in [-0.25, -0.2) is 9.37 Å². The Morgan fingerprint density at radius 2 is 2.38 bits per heavy atom. The summed E-state index contributed by atoms with van der Waals surface area (Å²) >= 11 is 0. The first kappa shape index (κ1) is 12.8. The molecule has 0 aromatic carbocycles. The van der Waals surface area contributed by atoms with Crippen LogP contribution in [-0.2, 0) is 10.8 Å². The third-order valence-corrected chi connectivity index (χ3v) is 3.54. The Morgan fingerprint density at radius 1 is 1.69 bits per heavy atom. The van der Waals surface area contributed by atoms with Crippen LogP contribution in [0.25, 0.3) is 0 Å². The van der Waals surface area contributed by atoms with Crippen LogP contribution in [0.5, 0.6) is 0 Å². The van der Waals surface area contributed by atoms with E-state index in [-0.39, 0.29) is 17.0 Å². The molecule has 0 aliphatic carbocycles. The van der Waals surface area contributed by atoms with E-state index in [2.05, 4.69) is 15.3 Å². The molecule has 0 aliphatic rings. The van der Waals surface area contributed by atoms with Crippen LogP contribution in [0.1, 0.15) is 13.3 Å². The van der Waals surface area contributed by atoms with Crippen molar-refractivity contribution in [2.45, 2.75) is 18.6 Å². The molecule has 0 saturated carbocycles. The fourth-order valence-electron chi connectivity index (χ4n) is 1.06. The van der Waals surface area contributed by atoms with Crippen molar-refractivity contribution in [3.8, 4) is 0 Å². The van der Waals surface area contributed by atoms with Crippen molar-refractivity contribution in [3.05, 3.63) is 12.0 Å². The number of nitrogen functional groups attached to an aromatic ring is 1. The summed E-state index contributed by atoms with van der Waals surface area (Å²) in [5.74, 6) is -0.433. The Hall–Kier alpha value is -1.24. The summed E-state index contributed by atoms with van der Waals surface area (Å²) in [7, 11) is -0.869. The van der Waals surface area contributed by atoms with Crippen LogP contribution in [0.3, 0.4) is 0 Å². The minimum atomic E-state index is -0.869. The average molecular weight is 246 g/mol. The zero-order valence-corrected chi connectivity index (χ0v) is 10.1. The van der Waals surface area contributed by atoms with E-state index in [4.69, 9.17) is 5.73 Å². The van der Waals surface area contributed by atoms with Gasteiger partial charge in [-0.2, -0.15) is 4.98 Å². The molecule has 2 atom stereocenters. The topological polar surface area (TPSA) is 80.9 Å². The Bertz CT molecular complexity index is 388. The van der Waals surface area contributed by atoms with Crippen molar-refractivity contribution < 1.29 is 8.60 Å². The summed E-state index contributed by atoms with van der Waals surface area (Å²) in [6.45, 7) is 2.37. The van der Waals surface area contributed by atoms with Crippen LogP contribution < -0.4 is 11.1 Å². The van der Waals surface area contributed by atoms with E-state index in [0.717, 1.165) is 6.20 Å². The molecule has 0 saturated heterocycles. The predicted molar refractivity (Wildman–Crippen MR) is 63.0 cm³/mol. The molecule has 2 unspecified atom stereocenters. The summed E-state index contributed by atoms with van der Waals surface area (Å²) < 4.78 is 24.2.